The minimum Gasteiger partial charge on any atom is -0.497 e. The van der Waals surface area contributed by atoms with Crippen molar-refractivity contribution in [1.29, 1.82) is 0 Å². The molecule has 4 aliphatic heterocycles. The Morgan fingerprint density at radius 2 is 1.54 bits per heavy atom. The smallest absolute Gasteiger partial charge is 0.253 e. The van der Waals surface area contributed by atoms with Crippen LogP contribution < -0.4 is 14.5 Å². The SMILES string of the molecule is CC[C@]12C=CCN(c3ccccc3)C(=O)[C@H]1[C@H]1C(=O)N(CCCO)C3C(=O)N(c4ccc(OC)cc4)CC=C[C@@]31O2. The van der Waals surface area contributed by atoms with Gasteiger partial charge in [-0.2, -0.15) is 0 Å². The first kappa shape index (κ1) is 27.2. The third-order valence-corrected chi connectivity index (χ3v) is 8.95. The zero-order valence-corrected chi connectivity index (χ0v) is 23.3. The molecular formula is C32H35N3O6. The van der Waals surface area contributed by atoms with Gasteiger partial charge in [0, 0.05) is 37.6 Å². The quantitative estimate of drug-likeness (QED) is 0.526. The lowest BCUT2D eigenvalue weighted by molar-refractivity contribution is -0.145. The summed E-state index contributed by atoms with van der Waals surface area (Å²) in [6.45, 7) is 2.64. The van der Waals surface area contributed by atoms with Gasteiger partial charge in [-0.25, -0.2) is 0 Å². The number of hydrogen-bond acceptors (Lipinski definition) is 6. The average Bonchev–Trinajstić information content (AvgIpc) is 3.28. The first-order chi connectivity index (χ1) is 19.9. The fraction of sp³-hybridized carbons (Fsp3) is 0.406. The number of carbonyl (C=O) groups is 3. The van der Waals surface area contributed by atoms with Gasteiger partial charge in [0.15, 0.2) is 0 Å². The highest BCUT2D eigenvalue weighted by Crippen LogP contribution is 2.58. The van der Waals surface area contributed by atoms with Crippen molar-refractivity contribution in [2.45, 2.75) is 37.0 Å². The van der Waals surface area contributed by atoms with Crippen molar-refractivity contribution in [2.24, 2.45) is 11.8 Å². The van der Waals surface area contributed by atoms with Crippen molar-refractivity contribution in [3.05, 3.63) is 78.9 Å². The molecule has 2 aromatic carbocycles. The first-order valence-corrected chi connectivity index (χ1v) is 14.2. The van der Waals surface area contributed by atoms with E-state index >= 15 is 0 Å². The standard InChI is InChI=1S/C32H35N3O6/c1-3-31-16-7-18-33(22-10-5-4-6-11-22)28(37)25(31)26-29(38)35(20-9-21-36)27-30(39)34(19-8-17-32(26,27)41-31)23-12-14-24(40-2)15-13-23/h4-8,10-17,25-27,36H,3,9,18-21H2,1-2H3/t25-,26+,27?,31+,32+/m1/s1. The number of aliphatic hydroxyl groups is 1. The van der Waals surface area contributed by atoms with E-state index in [0.29, 0.717) is 30.8 Å². The van der Waals surface area contributed by atoms with E-state index in [9.17, 15) is 19.5 Å². The largest absolute Gasteiger partial charge is 0.497 e. The molecule has 0 aromatic heterocycles. The van der Waals surface area contributed by atoms with Crippen LogP contribution >= 0.6 is 0 Å². The van der Waals surface area contributed by atoms with E-state index < -0.39 is 29.1 Å². The molecule has 0 saturated carbocycles. The minimum atomic E-state index is -1.34. The number of hydrogen-bond donors (Lipinski definition) is 1. The van der Waals surface area contributed by atoms with Crippen LogP contribution in [0.2, 0.25) is 0 Å². The maximum Gasteiger partial charge on any atom is 0.253 e. The maximum atomic E-state index is 14.5. The molecule has 2 aromatic rings. The van der Waals surface area contributed by atoms with Crippen molar-refractivity contribution in [3.63, 3.8) is 0 Å². The predicted octanol–water partition coefficient (Wildman–Crippen LogP) is 2.94. The van der Waals surface area contributed by atoms with E-state index in [-0.39, 0.29) is 37.4 Å². The van der Waals surface area contributed by atoms with Crippen molar-refractivity contribution < 1.29 is 29.0 Å². The third-order valence-electron chi connectivity index (χ3n) is 8.95. The fourth-order valence-corrected chi connectivity index (χ4v) is 7.08. The van der Waals surface area contributed by atoms with Crippen LogP contribution in [0.15, 0.2) is 78.9 Å². The number of benzene rings is 2. The lowest BCUT2D eigenvalue weighted by Crippen LogP contribution is -2.56. The summed E-state index contributed by atoms with van der Waals surface area (Å²) in [5.41, 5.74) is -0.987. The van der Waals surface area contributed by atoms with Crippen LogP contribution in [0.4, 0.5) is 11.4 Å². The lowest BCUT2D eigenvalue weighted by atomic mass is 9.73. The molecule has 0 aliphatic carbocycles. The highest BCUT2D eigenvalue weighted by molar-refractivity contribution is 6.07. The topological polar surface area (TPSA) is 99.6 Å². The molecule has 41 heavy (non-hydrogen) atoms. The van der Waals surface area contributed by atoms with Gasteiger partial charge < -0.3 is 29.3 Å². The number of aliphatic hydroxyl groups excluding tert-OH is 1. The molecule has 0 bridgehead atoms. The Bertz CT molecular complexity index is 1390. The lowest BCUT2D eigenvalue weighted by Gasteiger charge is -2.38. The van der Waals surface area contributed by atoms with Crippen molar-refractivity contribution >= 4 is 29.1 Å². The Labute approximate surface area is 239 Å². The predicted molar refractivity (Wildman–Crippen MR) is 153 cm³/mol. The number of anilines is 2. The molecule has 2 saturated heterocycles. The van der Waals surface area contributed by atoms with E-state index in [4.69, 9.17) is 9.47 Å². The number of amides is 3. The van der Waals surface area contributed by atoms with Crippen LogP contribution in [-0.2, 0) is 19.1 Å². The number of rotatable bonds is 7. The molecule has 6 rings (SSSR count). The van der Waals surface area contributed by atoms with Crippen LogP contribution in [0.1, 0.15) is 19.8 Å². The van der Waals surface area contributed by atoms with Gasteiger partial charge in [-0.05, 0) is 49.2 Å². The molecule has 1 N–H and O–H groups in total. The van der Waals surface area contributed by atoms with Gasteiger partial charge in [-0.1, -0.05) is 49.4 Å². The molecule has 4 heterocycles. The molecule has 214 valence electrons. The minimum absolute atomic E-state index is 0.132. The van der Waals surface area contributed by atoms with Crippen molar-refractivity contribution in [1.82, 2.24) is 4.90 Å². The Kier molecular flexibility index (Phi) is 6.95. The summed E-state index contributed by atoms with van der Waals surface area (Å²) in [5.74, 6) is -1.84. The molecule has 9 nitrogen and oxygen atoms in total. The van der Waals surface area contributed by atoms with E-state index in [1.807, 2.05) is 73.7 Å². The molecular weight excluding hydrogens is 522 g/mol. The number of carbonyl (C=O) groups excluding carboxylic acids is 3. The highest BCUT2D eigenvalue weighted by Gasteiger charge is 2.75. The van der Waals surface area contributed by atoms with Gasteiger partial charge in [0.25, 0.3) is 5.91 Å². The summed E-state index contributed by atoms with van der Waals surface area (Å²) in [4.78, 5) is 48.2. The van der Waals surface area contributed by atoms with Gasteiger partial charge in [0.2, 0.25) is 11.8 Å². The molecule has 2 fully saturated rings. The average molecular weight is 558 g/mol. The molecule has 9 heteroatoms. The van der Waals surface area contributed by atoms with Gasteiger partial charge in [-0.15, -0.1) is 0 Å². The molecule has 5 atom stereocenters. The monoisotopic (exact) mass is 557 g/mol. The normalized spacial score (nSPS) is 30.7. The zero-order valence-electron chi connectivity index (χ0n) is 23.3. The van der Waals surface area contributed by atoms with Gasteiger partial charge in [0.05, 0.1) is 24.5 Å². The number of fused-ring (bicyclic) bond motifs is 2. The molecule has 1 unspecified atom stereocenters. The molecule has 1 spiro atoms. The summed E-state index contributed by atoms with van der Waals surface area (Å²) in [6, 6.07) is 15.6. The fourth-order valence-electron chi connectivity index (χ4n) is 7.08. The van der Waals surface area contributed by atoms with Crippen LogP contribution in [0, 0.1) is 11.8 Å². The number of ether oxygens (including phenoxy) is 2. The highest BCUT2D eigenvalue weighted by atomic mass is 16.5. The van der Waals surface area contributed by atoms with E-state index in [0.717, 1.165) is 5.69 Å². The summed E-state index contributed by atoms with van der Waals surface area (Å²) >= 11 is 0. The zero-order chi connectivity index (χ0) is 28.8. The second kappa shape index (κ2) is 10.5. The summed E-state index contributed by atoms with van der Waals surface area (Å²) in [5, 5.41) is 9.66. The van der Waals surface area contributed by atoms with E-state index in [1.54, 1.807) is 29.0 Å². The molecule has 4 aliphatic rings. The van der Waals surface area contributed by atoms with Gasteiger partial charge in [-0.3, -0.25) is 14.4 Å². The first-order valence-electron chi connectivity index (χ1n) is 14.2. The number of methoxy groups -OCH3 is 1. The number of para-hydroxylation sites is 1. The van der Waals surface area contributed by atoms with Crippen molar-refractivity contribution in [2.75, 3.05) is 43.2 Å². The van der Waals surface area contributed by atoms with Gasteiger partial charge >= 0.3 is 0 Å². The second-order valence-electron chi connectivity index (χ2n) is 11.0. The maximum absolute atomic E-state index is 14.5. The Morgan fingerprint density at radius 3 is 2.20 bits per heavy atom. The van der Waals surface area contributed by atoms with Crippen molar-refractivity contribution in [3.8, 4) is 5.75 Å². The van der Waals surface area contributed by atoms with Crippen LogP contribution in [-0.4, -0.2) is 78.3 Å². The summed E-state index contributed by atoms with van der Waals surface area (Å²) in [7, 11) is 1.58. The van der Waals surface area contributed by atoms with Gasteiger partial charge in [0.1, 0.15) is 17.4 Å². The van der Waals surface area contributed by atoms with E-state index in [2.05, 4.69) is 0 Å². The summed E-state index contributed by atoms with van der Waals surface area (Å²) in [6.07, 6.45) is 8.34. The Morgan fingerprint density at radius 1 is 0.878 bits per heavy atom. The second-order valence-corrected chi connectivity index (χ2v) is 11.0. The number of nitrogens with zero attached hydrogens (tertiary/aromatic N) is 3. The molecule has 0 radical (unpaired) electrons. The van der Waals surface area contributed by atoms with E-state index in [1.165, 1.54) is 4.90 Å². The molecule has 3 amide bonds. The Hall–Kier alpha value is -3.95. The van der Waals surface area contributed by atoms with Crippen LogP contribution in [0.25, 0.3) is 0 Å². The summed E-state index contributed by atoms with van der Waals surface area (Å²) < 4.78 is 12.3. The van der Waals surface area contributed by atoms with Crippen LogP contribution in [0.5, 0.6) is 5.75 Å². The van der Waals surface area contributed by atoms with Crippen LogP contribution in [0.3, 0.4) is 0 Å². The third kappa shape index (κ3) is 4.09. The number of likely N-dealkylation sites (tertiary alicyclic amines) is 1. The Balaban J connectivity index is 1.47.